The molecule has 0 spiro atoms. The Bertz CT molecular complexity index is 242. The van der Waals surface area contributed by atoms with E-state index in [0.717, 1.165) is 21.7 Å². The molecule has 1 aromatic rings. The molecule has 4 heteroatoms. The Morgan fingerprint density at radius 1 is 1.75 bits per heavy atom. The largest absolute Gasteiger partial charge is 0.327 e. The summed E-state index contributed by atoms with van der Waals surface area (Å²) in [5.74, 6) is 0. The van der Waals surface area contributed by atoms with Crippen molar-refractivity contribution in [2.75, 3.05) is 0 Å². The molecule has 0 amide bonds. The SMILES string of the molecule is CCC(N)Cc1cc(Br)c(Cl)s1. The average Bonchev–Trinajstić information content (AvgIpc) is 2.31. The highest BCUT2D eigenvalue weighted by atomic mass is 79.9. The van der Waals surface area contributed by atoms with Crippen LogP contribution in [0.3, 0.4) is 0 Å². The lowest BCUT2D eigenvalue weighted by molar-refractivity contribution is 0.652. The maximum atomic E-state index is 5.89. The number of hydrogen-bond acceptors (Lipinski definition) is 2. The zero-order valence-corrected chi connectivity index (χ0v) is 9.97. The number of thiophene rings is 1. The molecule has 0 saturated heterocycles. The van der Waals surface area contributed by atoms with E-state index >= 15 is 0 Å². The van der Waals surface area contributed by atoms with Gasteiger partial charge in [0.2, 0.25) is 0 Å². The molecule has 1 atom stereocenters. The first-order valence-electron chi connectivity index (χ1n) is 3.82. The third kappa shape index (κ3) is 2.73. The van der Waals surface area contributed by atoms with Gasteiger partial charge in [-0.05, 0) is 34.8 Å². The molecular weight excluding hydrogens is 258 g/mol. The van der Waals surface area contributed by atoms with E-state index in [0.29, 0.717) is 0 Å². The van der Waals surface area contributed by atoms with E-state index < -0.39 is 0 Å². The van der Waals surface area contributed by atoms with Gasteiger partial charge in [0.05, 0.1) is 0 Å². The molecule has 0 fully saturated rings. The Labute approximate surface area is 90.0 Å². The predicted molar refractivity (Wildman–Crippen MR) is 59.0 cm³/mol. The molecule has 68 valence electrons. The smallest absolute Gasteiger partial charge is 0.107 e. The second kappa shape index (κ2) is 4.61. The molecule has 1 unspecified atom stereocenters. The fourth-order valence-corrected chi connectivity index (χ4v) is 2.78. The van der Waals surface area contributed by atoms with Gasteiger partial charge >= 0.3 is 0 Å². The van der Waals surface area contributed by atoms with Gasteiger partial charge in [-0.1, -0.05) is 18.5 Å². The summed E-state index contributed by atoms with van der Waals surface area (Å²) < 4.78 is 1.79. The van der Waals surface area contributed by atoms with Crippen molar-refractivity contribution in [3.05, 3.63) is 19.8 Å². The van der Waals surface area contributed by atoms with Crippen LogP contribution in [0.5, 0.6) is 0 Å². The topological polar surface area (TPSA) is 26.0 Å². The quantitative estimate of drug-likeness (QED) is 0.893. The van der Waals surface area contributed by atoms with Crippen molar-refractivity contribution >= 4 is 38.9 Å². The van der Waals surface area contributed by atoms with Crippen molar-refractivity contribution in [3.63, 3.8) is 0 Å². The Morgan fingerprint density at radius 3 is 2.83 bits per heavy atom. The summed E-state index contributed by atoms with van der Waals surface area (Å²) in [6.45, 7) is 2.09. The highest BCUT2D eigenvalue weighted by Gasteiger charge is 2.07. The van der Waals surface area contributed by atoms with Crippen LogP contribution in [0.4, 0.5) is 0 Å². The minimum atomic E-state index is 0.256. The zero-order valence-electron chi connectivity index (χ0n) is 6.81. The van der Waals surface area contributed by atoms with E-state index in [-0.39, 0.29) is 6.04 Å². The first-order valence-corrected chi connectivity index (χ1v) is 5.81. The van der Waals surface area contributed by atoms with Crippen LogP contribution in [0.15, 0.2) is 10.5 Å². The van der Waals surface area contributed by atoms with E-state index in [2.05, 4.69) is 22.9 Å². The molecule has 0 aliphatic rings. The molecule has 1 rings (SSSR count). The highest BCUT2D eigenvalue weighted by molar-refractivity contribution is 9.10. The van der Waals surface area contributed by atoms with E-state index in [1.807, 2.05) is 6.07 Å². The molecule has 12 heavy (non-hydrogen) atoms. The molecule has 1 nitrogen and oxygen atoms in total. The molecule has 0 saturated carbocycles. The minimum absolute atomic E-state index is 0.256. The fraction of sp³-hybridized carbons (Fsp3) is 0.500. The van der Waals surface area contributed by atoms with Crippen LogP contribution in [0, 0.1) is 0 Å². The van der Waals surface area contributed by atoms with Crippen LogP contribution in [0.2, 0.25) is 4.34 Å². The second-order valence-corrected chi connectivity index (χ2v) is 5.30. The van der Waals surface area contributed by atoms with Gasteiger partial charge in [-0.15, -0.1) is 11.3 Å². The molecule has 1 heterocycles. The Morgan fingerprint density at radius 2 is 2.42 bits per heavy atom. The Hall–Kier alpha value is 0.430. The second-order valence-electron chi connectivity index (χ2n) is 2.71. The van der Waals surface area contributed by atoms with Gasteiger partial charge < -0.3 is 5.73 Å². The number of nitrogens with two attached hydrogens (primary N) is 1. The first-order chi connectivity index (χ1) is 5.63. The maximum absolute atomic E-state index is 5.89. The van der Waals surface area contributed by atoms with Crippen LogP contribution in [-0.4, -0.2) is 6.04 Å². The standard InChI is InChI=1S/C8H11BrClNS/c1-2-5(11)3-6-4-7(9)8(10)12-6/h4-5H,2-3,11H2,1H3. The lowest BCUT2D eigenvalue weighted by Crippen LogP contribution is -2.20. The molecule has 0 aromatic carbocycles. The summed E-state index contributed by atoms with van der Waals surface area (Å²) in [6, 6.07) is 2.30. The van der Waals surface area contributed by atoms with Gasteiger partial charge in [-0.25, -0.2) is 0 Å². The lowest BCUT2D eigenvalue weighted by Gasteiger charge is -2.04. The van der Waals surface area contributed by atoms with Gasteiger partial charge in [0.25, 0.3) is 0 Å². The maximum Gasteiger partial charge on any atom is 0.107 e. The lowest BCUT2D eigenvalue weighted by atomic mass is 10.1. The van der Waals surface area contributed by atoms with Gasteiger partial charge in [0, 0.05) is 15.4 Å². The molecule has 0 aliphatic carbocycles. The first kappa shape index (κ1) is 10.5. The van der Waals surface area contributed by atoms with E-state index in [9.17, 15) is 0 Å². The predicted octanol–water partition coefficient (Wildman–Crippen LogP) is 3.44. The van der Waals surface area contributed by atoms with Crippen LogP contribution < -0.4 is 5.73 Å². The average molecular weight is 269 g/mol. The molecule has 0 aliphatic heterocycles. The zero-order chi connectivity index (χ0) is 9.14. The molecule has 0 radical (unpaired) electrons. The van der Waals surface area contributed by atoms with Crippen LogP contribution in [0.1, 0.15) is 18.2 Å². The van der Waals surface area contributed by atoms with Crippen molar-refractivity contribution < 1.29 is 0 Å². The van der Waals surface area contributed by atoms with Gasteiger partial charge in [0.1, 0.15) is 4.34 Å². The number of rotatable bonds is 3. The van der Waals surface area contributed by atoms with Crippen molar-refractivity contribution in [2.45, 2.75) is 25.8 Å². The van der Waals surface area contributed by atoms with E-state index in [1.165, 1.54) is 4.88 Å². The third-order valence-corrected chi connectivity index (χ3v) is 4.18. The third-order valence-electron chi connectivity index (χ3n) is 1.68. The number of hydrogen-bond donors (Lipinski definition) is 1. The van der Waals surface area contributed by atoms with Crippen molar-refractivity contribution in [1.82, 2.24) is 0 Å². The summed E-state index contributed by atoms with van der Waals surface area (Å²) in [6.07, 6.45) is 1.93. The van der Waals surface area contributed by atoms with Crippen molar-refractivity contribution in [3.8, 4) is 0 Å². The minimum Gasteiger partial charge on any atom is -0.327 e. The summed E-state index contributed by atoms with van der Waals surface area (Å²) in [5, 5.41) is 0. The van der Waals surface area contributed by atoms with Crippen LogP contribution in [0.25, 0.3) is 0 Å². The van der Waals surface area contributed by atoms with E-state index in [1.54, 1.807) is 11.3 Å². The monoisotopic (exact) mass is 267 g/mol. The van der Waals surface area contributed by atoms with E-state index in [4.69, 9.17) is 17.3 Å². The number of halogens is 2. The molecule has 0 bridgehead atoms. The normalized spacial score (nSPS) is 13.3. The Kier molecular flexibility index (Phi) is 4.03. The van der Waals surface area contributed by atoms with Gasteiger partial charge in [0.15, 0.2) is 0 Å². The summed E-state index contributed by atoms with van der Waals surface area (Å²) in [7, 11) is 0. The van der Waals surface area contributed by atoms with Crippen molar-refractivity contribution in [1.29, 1.82) is 0 Å². The van der Waals surface area contributed by atoms with Crippen molar-refractivity contribution in [2.24, 2.45) is 5.73 Å². The summed E-state index contributed by atoms with van der Waals surface area (Å²) >= 11 is 10.8. The Balaban J connectivity index is 2.64. The molecule has 1 aromatic heterocycles. The van der Waals surface area contributed by atoms with Crippen LogP contribution >= 0.6 is 38.9 Å². The van der Waals surface area contributed by atoms with Gasteiger partial charge in [-0.3, -0.25) is 0 Å². The highest BCUT2D eigenvalue weighted by Crippen LogP contribution is 2.32. The van der Waals surface area contributed by atoms with Gasteiger partial charge in [-0.2, -0.15) is 0 Å². The van der Waals surface area contributed by atoms with Crippen LogP contribution in [-0.2, 0) is 6.42 Å². The molecule has 2 N–H and O–H groups in total. The summed E-state index contributed by atoms with van der Waals surface area (Å²) in [4.78, 5) is 1.25. The fourth-order valence-electron chi connectivity index (χ4n) is 0.895. The summed E-state index contributed by atoms with van der Waals surface area (Å²) in [5.41, 5.74) is 5.81. The molecular formula is C8H11BrClNS.